The SMILES string of the molecule is O=C(CN1CCN(C(=O)Cc2c[nH]c3ccccc23)CC1)c1ccco1. The number of piperazine rings is 1. The third-order valence-electron chi connectivity index (χ3n) is 4.90. The van der Waals surface area contributed by atoms with Gasteiger partial charge in [0, 0.05) is 43.3 Å². The first-order chi connectivity index (χ1) is 12.7. The van der Waals surface area contributed by atoms with Crippen molar-refractivity contribution in [1.82, 2.24) is 14.8 Å². The van der Waals surface area contributed by atoms with Crippen LogP contribution in [0.3, 0.4) is 0 Å². The fourth-order valence-electron chi connectivity index (χ4n) is 3.43. The van der Waals surface area contributed by atoms with E-state index in [4.69, 9.17) is 4.42 Å². The Hall–Kier alpha value is -2.86. The first-order valence-corrected chi connectivity index (χ1v) is 8.82. The van der Waals surface area contributed by atoms with Gasteiger partial charge in [-0.2, -0.15) is 0 Å². The van der Waals surface area contributed by atoms with Crippen molar-refractivity contribution < 1.29 is 14.0 Å². The quantitative estimate of drug-likeness (QED) is 0.716. The molecule has 6 nitrogen and oxygen atoms in total. The van der Waals surface area contributed by atoms with Crippen LogP contribution >= 0.6 is 0 Å². The molecule has 1 aliphatic rings. The molecule has 0 aliphatic carbocycles. The zero-order valence-electron chi connectivity index (χ0n) is 14.5. The van der Waals surface area contributed by atoms with E-state index in [9.17, 15) is 9.59 Å². The Kier molecular flexibility index (Phi) is 4.58. The maximum Gasteiger partial charge on any atom is 0.227 e. The minimum Gasteiger partial charge on any atom is -0.461 e. The number of hydrogen-bond donors (Lipinski definition) is 1. The first-order valence-electron chi connectivity index (χ1n) is 8.82. The second kappa shape index (κ2) is 7.17. The van der Waals surface area contributed by atoms with Crippen molar-refractivity contribution >= 4 is 22.6 Å². The summed E-state index contributed by atoms with van der Waals surface area (Å²) >= 11 is 0. The third-order valence-corrected chi connectivity index (χ3v) is 4.90. The average Bonchev–Trinajstić information content (AvgIpc) is 3.33. The Morgan fingerprint density at radius 3 is 2.62 bits per heavy atom. The number of carbonyl (C=O) groups excluding carboxylic acids is 2. The molecule has 1 aromatic carbocycles. The summed E-state index contributed by atoms with van der Waals surface area (Å²) < 4.78 is 5.15. The van der Waals surface area contributed by atoms with E-state index in [0.29, 0.717) is 44.9 Å². The number of nitrogens with one attached hydrogen (secondary N) is 1. The van der Waals surface area contributed by atoms with Gasteiger partial charge >= 0.3 is 0 Å². The van der Waals surface area contributed by atoms with Crippen LogP contribution in [0, 0.1) is 0 Å². The molecule has 2 aromatic heterocycles. The molecule has 0 radical (unpaired) electrons. The molecule has 4 rings (SSSR count). The van der Waals surface area contributed by atoms with Gasteiger partial charge in [-0.15, -0.1) is 0 Å². The Bertz CT molecular complexity index is 905. The molecule has 1 aliphatic heterocycles. The van der Waals surface area contributed by atoms with Crippen molar-refractivity contribution in [3.8, 4) is 0 Å². The monoisotopic (exact) mass is 351 g/mol. The van der Waals surface area contributed by atoms with Gasteiger partial charge in [0.05, 0.1) is 19.2 Å². The fourth-order valence-corrected chi connectivity index (χ4v) is 3.43. The lowest BCUT2D eigenvalue weighted by Crippen LogP contribution is -2.50. The number of Topliss-reactive ketones (excluding diaryl/α,β-unsaturated/α-hetero) is 1. The average molecular weight is 351 g/mol. The molecule has 0 saturated carbocycles. The predicted octanol–water partition coefficient (Wildman–Crippen LogP) is 2.33. The molecular formula is C20H21N3O3. The van der Waals surface area contributed by atoms with E-state index < -0.39 is 0 Å². The van der Waals surface area contributed by atoms with Gasteiger partial charge in [-0.25, -0.2) is 0 Å². The molecule has 1 N–H and O–H groups in total. The molecule has 1 fully saturated rings. The molecule has 0 unspecified atom stereocenters. The van der Waals surface area contributed by atoms with Crippen molar-refractivity contribution in [2.24, 2.45) is 0 Å². The van der Waals surface area contributed by atoms with Crippen LogP contribution in [0.2, 0.25) is 0 Å². The molecular weight excluding hydrogens is 330 g/mol. The summed E-state index contributed by atoms with van der Waals surface area (Å²) in [6.07, 6.45) is 3.82. The van der Waals surface area contributed by atoms with Gasteiger partial charge in [0.2, 0.25) is 11.7 Å². The van der Waals surface area contributed by atoms with Gasteiger partial charge in [-0.05, 0) is 23.8 Å². The summed E-state index contributed by atoms with van der Waals surface area (Å²) in [6, 6.07) is 11.4. The number of H-pyrrole nitrogens is 1. The Morgan fingerprint density at radius 2 is 1.85 bits per heavy atom. The molecule has 3 aromatic rings. The number of hydrogen-bond acceptors (Lipinski definition) is 4. The van der Waals surface area contributed by atoms with E-state index in [1.807, 2.05) is 35.4 Å². The number of nitrogens with zero attached hydrogens (tertiary/aromatic N) is 2. The zero-order chi connectivity index (χ0) is 17.9. The fraction of sp³-hybridized carbons (Fsp3) is 0.300. The topological polar surface area (TPSA) is 69.6 Å². The standard InChI is InChI=1S/C20H21N3O3/c24-18(19-6-3-11-26-19)14-22-7-9-23(10-8-22)20(25)12-15-13-21-17-5-2-1-4-16(15)17/h1-6,11,13,21H,7-10,12,14H2. The highest BCUT2D eigenvalue weighted by atomic mass is 16.3. The smallest absolute Gasteiger partial charge is 0.227 e. The Morgan fingerprint density at radius 1 is 1.04 bits per heavy atom. The molecule has 0 spiro atoms. The minimum absolute atomic E-state index is 0.0198. The number of ketones is 1. The molecule has 6 heteroatoms. The molecule has 0 atom stereocenters. The van der Waals surface area contributed by atoms with Crippen LogP contribution in [0.15, 0.2) is 53.3 Å². The second-order valence-electron chi connectivity index (χ2n) is 6.59. The third kappa shape index (κ3) is 3.41. The summed E-state index contributed by atoms with van der Waals surface area (Å²) in [5.41, 5.74) is 2.08. The highest BCUT2D eigenvalue weighted by Crippen LogP contribution is 2.19. The van der Waals surface area contributed by atoms with Crippen LogP contribution in [0.25, 0.3) is 10.9 Å². The molecule has 1 amide bonds. The number of fused-ring (bicyclic) bond motifs is 1. The highest BCUT2D eigenvalue weighted by Gasteiger charge is 2.24. The van der Waals surface area contributed by atoms with Gasteiger partial charge in [-0.3, -0.25) is 14.5 Å². The number of rotatable bonds is 5. The van der Waals surface area contributed by atoms with Crippen molar-refractivity contribution in [2.45, 2.75) is 6.42 Å². The van der Waals surface area contributed by atoms with Crippen LogP contribution < -0.4 is 0 Å². The van der Waals surface area contributed by atoms with Crippen LogP contribution in [-0.4, -0.2) is 59.2 Å². The van der Waals surface area contributed by atoms with Gasteiger partial charge in [0.25, 0.3) is 0 Å². The van der Waals surface area contributed by atoms with Crippen LogP contribution in [0.5, 0.6) is 0 Å². The number of benzene rings is 1. The van der Waals surface area contributed by atoms with E-state index in [1.54, 1.807) is 12.1 Å². The summed E-state index contributed by atoms with van der Waals surface area (Å²) in [6.45, 7) is 3.02. The Labute approximate surface area is 151 Å². The number of amides is 1. The van der Waals surface area contributed by atoms with Crippen LogP contribution in [0.4, 0.5) is 0 Å². The second-order valence-corrected chi connectivity index (χ2v) is 6.59. The van der Waals surface area contributed by atoms with Crippen molar-refractivity contribution in [2.75, 3.05) is 32.7 Å². The van der Waals surface area contributed by atoms with Crippen molar-refractivity contribution in [3.63, 3.8) is 0 Å². The van der Waals surface area contributed by atoms with Crippen molar-refractivity contribution in [3.05, 3.63) is 60.2 Å². The van der Waals surface area contributed by atoms with Crippen molar-refractivity contribution in [1.29, 1.82) is 0 Å². The lowest BCUT2D eigenvalue weighted by Gasteiger charge is -2.34. The summed E-state index contributed by atoms with van der Waals surface area (Å²) in [5, 5.41) is 1.10. The lowest BCUT2D eigenvalue weighted by atomic mass is 10.1. The number of carbonyl (C=O) groups is 2. The maximum atomic E-state index is 12.6. The largest absolute Gasteiger partial charge is 0.461 e. The molecule has 3 heterocycles. The van der Waals surface area contributed by atoms with E-state index in [1.165, 1.54) is 6.26 Å². The lowest BCUT2D eigenvalue weighted by molar-refractivity contribution is -0.132. The van der Waals surface area contributed by atoms with Crippen LogP contribution in [0.1, 0.15) is 16.1 Å². The summed E-state index contributed by atoms with van der Waals surface area (Å²) in [5.74, 6) is 0.503. The maximum absolute atomic E-state index is 12.6. The van der Waals surface area contributed by atoms with Gasteiger partial charge < -0.3 is 14.3 Å². The number of aromatic nitrogens is 1. The molecule has 0 bridgehead atoms. The molecule has 26 heavy (non-hydrogen) atoms. The highest BCUT2D eigenvalue weighted by molar-refractivity contribution is 5.95. The van der Waals surface area contributed by atoms with Gasteiger partial charge in [0.1, 0.15) is 0 Å². The van der Waals surface area contributed by atoms with E-state index in [-0.39, 0.29) is 11.7 Å². The first kappa shape index (κ1) is 16.6. The van der Waals surface area contributed by atoms with E-state index >= 15 is 0 Å². The summed E-state index contributed by atoms with van der Waals surface area (Å²) in [7, 11) is 0. The molecule has 1 saturated heterocycles. The van der Waals surface area contributed by atoms with Crippen LogP contribution in [-0.2, 0) is 11.2 Å². The number of para-hydroxylation sites is 1. The number of aromatic amines is 1. The Balaban J connectivity index is 1.31. The predicted molar refractivity (Wildman–Crippen MR) is 98.1 cm³/mol. The minimum atomic E-state index is -0.0198. The van der Waals surface area contributed by atoms with Gasteiger partial charge in [-0.1, -0.05) is 18.2 Å². The molecule has 134 valence electrons. The van der Waals surface area contributed by atoms with Gasteiger partial charge in [0.15, 0.2) is 5.76 Å². The zero-order valence-corrected chi connectivity index (χ0v) is 14.5. The van der Waals surface area contributed by atoms with E-state index in [0.717, 1.165) is 16.5 Å². The summed E-state index contributed by atoms with van der Waals surface area (Å²) in [4.78, 5) is 31.9. The van der Waals surface area contributed by atoms with E-state index in [2.05, 4.69) is 9.88 Å². The number of furan rings is 1. The normalized spacial score (nSPS) is 15.5.